The van der Waals surface area contributed by atoms with Crippen molar-refractivity contribution in [3.05, 3.63) is 51.3 Å². The lowest BCUT2D eigenvalue weighted by Crippen LogP contribution is -2.02. The molecule has 5 heteroatoms. The van der Waals surface area contributed by atoms with Gasteiger partial charge in [0.2, 0.25) is 0 Å². The Morgan fingerprint density at radius 1 is 1.37 bits per heavy atom. The molecule has 0 unspecified atom stereocenters. The van der Waals surface area contributed by atoms with Crippen LogP contribution in [0.2, 0.25) is 10.2 Å². The summed E-state index contributed by atoms with van der Waals surface area (Å²) in [5, 5.41) is 5.46. The van der Waals surface area contributed by atoms with Crippen LogP contribution in [0.1, 0.15) is 41.4 Å². The van der Waals surface area contributed by atoms with Crippen LogP contribution in [-0.4, -0.2) is 16.1 Å². The van der Waals surface area contributed by atoms with Crippen LogP contribution in [0.3, 0.4) is 0 Å². The number of nitrogens with zero attached hydrogens (tertiary/aromatic N) is 2. The first-order valence-electron chi connectivity index (χ1n) is 5.98. The Balaban J connectivity index is 2.38. The molecule has 0 saturated heterocycles. The van der Waals surface area contributed by atoms with Crippen LogP contribution >= 0.6 is 23.2 Å². The summed E-state index contributed by atoms with van der Waals surface area (Å²) in [5.74, 6) is 0.151. The number of carbonyl (C=O) groups is 1. The number of rotatable bonds is 4. The van der Waals surface area contributed by atoms with Crippen LogP contribution in [-0.2, 0) is 6.54 Å². The van der Waals surface area contributed by atoms with E-state index in [0.29, 0.717) is 22.3 Å². The van der Waals surface area contributed by atoms with Crippen LogP contribution in [0.4, 0.5) is 0 Å². The molecule has 0 aliphatic heterocycles. The van der Waals surface area contributed by atoms with E-state index in [1.54, 1.807) is 4.68 Å². The summed E-state index contributed by atoms with van der Waals surface area (Å²) < 4.78 is 1.63. The molecule has 2 rings (SSSR count). The maximum absolute atomic E-state index is 11.1. The fourth-order valence-corrected chi connectivity index (χ4v) is 2.37. The number of aromatic nitrogens is 2. The highest BCUT2D eigenvalue weighted by Gasteiger charge is 2.18. The first-order valence-corrected chi connectivity index (χ1v) is 6.74. The van der Waals surface area contributed by atoms with Gasteiger partial charge in [0, 0.05) is 5.02 Å². The highest BCUT2D eigenvalue weighted by molar-refractivity contribution is 6.32. The second-order valence-corrected chi connectivity index (χ2v) is 5.44. The van der Waals surface area contributed by atoms with Gasteiger partial charge in [-0.2, -0.15) is 5.10 Å². The van der Waals surface area contributed by atoms with Crippen LogP contribution in [0.15, 0.2) is 24.3 Å². The molecule has 0 aliphatic rings. The van der Waals surface area contributed by atoms with Crippen molar-refractivity contribution in [3.63, 3.8) is 0 Å². The fourth-order valence-electron chi connectivity index (χ4n) is 1.92. The van der Waals surface area contributed by atoms with E-state index in [2.05, 4.69) is 5.10 Å². The van der Waals surface area contributed by atoms with Gasteiger partial charge in [0.25, 0.3) is 0 Å². The van der Waals surface area contributed by atoms with Gasteiger partial charge in [-0.1, -0.05) is 49.2 Å². The van der Waals surface area contributed by atoms with E-state index >= 15 is 0 Å². The summed E-state index contributed by atoms with van der Waals surface area (Å²) in [5.41, 5.74) is 2.19. The zero-order valence-corrected chi connectivity index (χ0v) is 12.2. The van der Waals surface area contributed by atoms with Crippen LogP contribution in [0.25, 0.3) is 0 Å². The molecule has 0 fully saturated rings. The summed E-state index contributed by atoms with van der Waals surface area (Å²) >= 11 is 12.1. The lowest BCUT2D eigenvalue weighted by molar-refractivity contribution is 0.112. The van der Waals surface area contributed by atoms with Gasteiger partial charge in [0.1, 0.15) is 5.15 Å². The van der Waals surface area contributed by atoms with Crippen molar-refractivity contribution in [3.8, 4) is 0 Å². The van der Waals surface area contributed by atoms with Gasteiger partial charge < -0.3 is 0 Å². The van der Waals surface area contributed by atoms with Crippen molar-refractivity contribution in [1.29, 1.82) is 0 Å². The maximum atomic E-state index is 11.1. The Kier molecular flexibility index (Phi) is 4.27. The molecule has 0 radical (unpaired) electrons. The van der Waals surface area contributed by atoms with E-state index in [1.165, 1.54) is 0 Å². The van der Waals surface area contributed by atoms with E-state index < -0.39 is 0 Å². The average Bonchev–Trinajstić information content (AvgIpc) is 2.66. The molecule has 19 heavy (non-hydrogen) atoms. The SMILES string of the molecule is CC(C)c1nn(Cc2cccc(Cl)c2)c(Cl)c1C=O. The predicted molar refractivity (Wildman–Crippen MR) is 77.3 cm³/mol. The monoisotopic (exact) mass is 296 g/mol. The minimum absolute atomic E-state index is 0.151. The zero-order chi connectivity index (χ0) is 14.0. The molecular weight excluding hydrogens is 283 g/mol. The maximum Gasteiger partial charge on any atom is 0.155 e. The number of halogens is 2. The summed E-state index contributed by atoms with van der Waals surface area (Å²) in [4.78, 5) is 11.1. The Hall–Kier alpha value is -1.32. The van der Waals surface area contributed by atoms with E-state index in [0.717, 1.165) is 17.5 Å². The van der Waals surface area contributed by atoms with E-state index in [4.69, 9.17) is 23.2 Å². The molecule has 1 aromatic heterocycles. The van der Waals surface area contributed by atoms with Gasteiger partial charge in [-0.15, -0.1) is 0 Å². The van der Waals surface area contributed by atoms with E-state index in [-0.39, 0.29) is 5.92 Å². The van der Waals surface area contributed by atoms with Gasteiger partial charge in [-0.3, -0.25) is 4.79 Å². The minimum Gasteiger partial charge on any atom is -0.298 e. The van der Waals surface area contributed by atoms with Crippen molar-refractivity contribution in [2.24, 2.45) is 0 Å². The molecule has 0 bridgehead atoms. The third-order valence-corrected chi connectivity index (χ3v) is 3.47. The van der Waals surface area contributed by atoms with Gasteiger partial charge in [-0.05, 0) is 23.6 Å². The zero-order valence-electron chi connectivity index (χ0n) is 10.7. The molecular formula is C14H14Cl2N2O. The average molecular weight is 297 g/mol. The molecule has 0 atom stereocenters. The molecule has 0 spiro atoms. The van der Waals surface area contributed by atoms with E-state index in [1.807, 2.05) is 38.1 Å². The van der Waals surface area contributed by atoms with Crippen LogP contribution in [0, 0.1) is 0 Å². The normalized spacial score (nSPS) is 11.0. The Morgan fingerprint density at radius 3 is 2.63 bits per heavy atom. The molecule has 2 aromatic rings. The largest absolute Gasteiger partial charge is 0.298 e. The van der Waals surface area contributed by atoms with Crippen molar-refractivity contribution in [2.75, 3.05) is 0 Å². The van der Waals surface area contributed by atoms with Crippen molar-refractivity contribution in [1.82, 2.24) is 9.78 Å². The molecule has 1 heterocycles. The Bertz CT molecular complexity index is 605. The second kappa shape index (κ2) is 5.76. The minimum atomic E-state index is 0.151. The number of benzene rings is 1. The van der Waals surface area contributed by atoms with Crippen LogP contribution < -0.4 is 0 Å². The molecule has 0 saturated carbocycles. The lowest BCUT2D eigenvalue weighted by atomic mass is 10.1. The number of aldehydes is 1. The number of hydrogen-bond acceptors (Lipinski definition) is 2. The smallest absolute Gasteiger partial charge is 0.155 e. The molecule has 0 N–H and O–H groups in total. The third kappa shape index (κ3) is 2.99. The highest BCUT2D eigenvalue weighted by Crippen LogP contribution is 2.25. The molecule has 1 aromatic carbocycles. The molecule has 0 amide bonds. The Labute approximate surface area is 122 Å². The third-order valence-electron chi connectivity index (χ3n) is 2.84. The lowest BCUT2D eigenvalue weighted by Gasteiger charge is -2.04. The highest BCUT2D eigenvalue weighted by atomic mass is 35.5. The predicted octanol–water partition coefficient (Wildman–Crippen LogP) is 4.17. The quantitative estimate of drug-likeness (QED) is 0.794. The summed E-state index contributed by atoms with van der Waals surface area (Å²) in [6.07, 6.45) is 0.763. The topological polar surface area (TPSA) is 34.9 Å². The number of hydrogen-bond donors (Lipinski definition) is 0. The standard InChI is InChI=1S/C14H14Cl2N2O/c1-9(2)13-12(8-19)14(16)18(17-13)7-10-4-3-5-11(15)6-10/h3-6,8-9H,7H2,1-2H3. The van der Waals surface area contributed by atoms with Crippen molar-refractivity contribution >= 4 is 29.5 Å². The first-order chi connectivity index (χ1) is 9.02. The van der Waals surface area contributed by atoms with Gasteiger partial charge in [0.05, 0.1) is 17.8 Å². The molecule has 0 aliphatic carbocycles. The van der Waals surface area contributed by atoms with E-state index in [9.17, 15) is 4.79 Å². The number of carbonyl (C=O) groups excluding carboxylic acids is 1. The first kappa shape index (κ1) is 14.1. The summed E-state index contributed by atoms with van der Waals surface area (Å²) in [6, 6.07) is 7.49. The van der Waals surface area contributed by atoms with Gasteiger partial charge >= 0.3 is 0 Å². The van der Waals surface area contributed by atoms with Crippen LogP contribution in [0.5, 0.6) is 0 Å². The van der Waals surface area contributed by atoms with Gasteiger partial charge in [-0.25, -0.2) is 4.68 Å². The summed E-state index contributed by atoms with van der Waals surface area (Å²) in [6.45, 7) is 4.46. The second-order valence-electron chi connectivity index (χ2n) is 4.65. The fraction of sp³-hybridized carbons (Fsp3) is 0.286. The van der Waals surface area contributed by atoms with Gasteiger partial charge in [0.15, 0.2) is 6.29 Å². The summed E-state index contributed by atoms with van der Waals surface area (Å²) in [7, 11) is 0. The van der Waals surface area contributed by atoms with Crippen molar-refractivity contribution < 1.29 is 4.79 Å². The molecule has 100 valence electrons. The van der Waals surface area contributed by atoms with Crippen molar-refractivity contribution in [2.45, 2.75) is 26.3 Å². The molecule has 3 nitrogen and oxygen atoms in total. The Morgan fingerprint density at radius 2 is 2.11 bits per heavy atom.